The first kappa shape index (κ1) is 18.8. The van der Waals surface area contributed by atoms with Crippen LogP contribution in [0.3, 0.4) is 0 Å². The standard InChI is InChI=1S/C14H24F3N3.HI/c1-18-13(20-11-6-4-7-11)19-9-10-5-2-3-8-12(10)14(15,16)17;/h10-12H,2-9H2,1H3,(H2,18,19,20);1H. The van der Waals surface area contributed by atoms with Gasteiger partial charge in [-0.3, -0.25) is 4.99 Å². The van der Waals surface area contributed by atoms with E-state index in [2.05, 4.69) is 15.6 Å². The van der Waals surface area contributed by atoms with Gasteiger partial charge in [0.1, 0.15) is 0 Å². The highest BCUT2D eigenvalue weighted by molar-refractivity contribution is 14.0. The molecule has 0 heterocycles. The summed E-state index contributed by atoms with van der Waals surface area (Å²) in [4.78, 5) is 4.09. The number of hydrogen-bond donors (Lipinski definition) is 2. The first-order valence-electron chi connectivity index (χ1n) is 7.54. The number of nitrogens with zero attached hydrogens (tertiary/aromatic N) is 1. The van der Waals surface area contributed by atoms with E-state index in [1.807, 2.05) is 0 Å². The molecule has 7 heteroatoms. The Balaban J connectivity index is 0.00000220. The number of aliphatic imine (C=N–C) groups is 1. The summed E-state index contributed by atoms with van der Waals surface area (Å²) in [5, 5.41) is 6.33. The van der Waals surface area contributed by atoms with E-state index < -0.39 is 12.1 Å². The van der Waals surface area contributed by atoms with Gasteiger partial charge in [0.05, 0.1) is 5.92 Å². The first-order valence-corrected chi connectivity index (χ1v) is 7.54. The predicted octanol–water partition coefficient (Wildman–Crippen LogP) is 3.69. The quantitative estimate of drug-likeness (QED) is 0.416. The SMILES string of the molecule is CN=C(NCC1CCCCC1C(F)(F)F)NC1CCC1.I. The highest BCUT2D eigenvalue weighted by Crippen LogP contribution is 2.41. The molecule has 2 aliphatic carbocycles. The highest BCUT2D eigenvalue weighted by Gasteiger charge is 2.45. The predicted molar refractivity (Wildman–Crippen MR) is 89.1 cm³/mol. The number of nitrogens with one attached hydrogen (secondary N) is 2. The Bertz CT molecular complexity index is 343. The van der Waals surface area contributed by atoms with E-state index in [-0.39, 0.29) is 36.3 Å². The lowest BCUT2D eigenvalue weighted by Crippen LogP contribution is -2.49. The maximum atomic E-state index is 13.0. The Labute approximate surface area is 141 Å². The molecule has 2 fully saturated rings. The summed E-state index contributed by atoms with van der Waals surface area (Å²) in [5.41, 5.74) is 0. The van der Waals surface area contributed by atoms with Crippen LogP contribution in [-0.2, 0) is 0 Å². The van der Waals surface area contributed by atoms with Gasteiger partial charge in [-0.2, -0.15) is 13.2 Å². The van der Waals surface area contributed by atoms with Crippen molar-refractivity contribution in [2.75, 3.05) is 13.6 Å². The number of halogens is 4. The van der Waals surface area contributed by atoms with Crippen molar-refractivity contribution < 1.29 is 13.2 Å². The Hall–Kier alpha value is -0.210. The van der Waals surface area contributed by atoms with Gasteiger partial charge in [0.2, 0.25) is 0 Å². The maximum Gasteiger partial charge on any atom is 0.392 e. The van der Waals surface area contributed by atoms with Crippen LogP contribution in [0.25, 0.3) is 0 Å². The molecular formula is C14H25F3IN3. The van der Waals surface area contributed by atoms with Gasteiger partial charge < -0.3 is 10.6 Å². The van der Waals surface area contributed by atoms with Crippen LogP contribution in [0.1, 0.15) is 44.9 Å². The largest absolute Gasteiger partial charge is 0.392 e. The second-order valence-electron chi connectivity index (χ2n) is 5.92. The van der Waals surface area contributed by atoms with Crippen LogP contribution in [0.5, 0.6) is 0 Å². The summed E-state index contributed by atoms with van der Waals surface area (Å²) in [7, 11) is 1.66. The molecule has 2 unspecified atom stereocenters. The van der Waals surface area contributed by atoms with Crippen molar-refractivity contribution in [3.05, 3.63) is 0 Å². The molecule has 21 heavy (non-hydrogen) atoms. The third kappa shape index (κ3) is 5.49. The van der Waals surface area contributed by atoms with Gasteiger partial charge in [-0.1, -0.05) is 12.8 Å². The van der Waals surface area contributed by atoms with E-state index in [4.69, 9.17) is 0 Å². The Morgan fingerprint density at radius 3 is 2.29 bits per heavy atom. The summed E-state index contributed by atoms with van der Waals surface area (Å²) in [5.74, 6) is -0.851. The lowest BCUT2D eigenvalue weighted by atomic mass is 9.79. The topological polar surface area (TPSA) is 36.4 Å². The molecule has 0 aliphatic heterocycles. The van der Waals surface area contributed by atoms with Crippen molar-refractivity contribution in [1.82, 2.24) is 10.6 Å². The van der Waals surface area contributed by atoms with E-state index in [0.29, 0.717) is 31.4 Å². The second-order valence-corrected chi connectivity index (χ2v) is 5.92. The van der Waals surface area contributed by atoms with Crippen molar-refractivity contribution in [2.45, 2.75) is 57.2 Å². The van der Waals surface area contributed by atoms with Crippen molar-refractivity contribution >= 4 is 29.9 Å². The minimum Gasteiger partial charge on any atom is -0.356 e. The van der Waals surface area contributed by atoms with Crippen LogP contribution >= 0.6 is 24.0 Å². The van der Waals surface area contributed by atoms with Gasteiger partial charge in [0.25, 0.3) is 0 Å². The molecule has 3 nitrogen and oxygen atoms in total. The summed E-state index contributed by atoms with van der Waals surface area (Å²) >= 11 is 0. The van der Waals surface area contributed by atoms with E-state index in [1.54, 1.807) is 7.05 Å². The number of guanidine groups is 1. The fraction of sp³-hybridized carbons (Fsp3) is 0.929. The average Bonchev–Trinajstić information content (AvgIpc) is 2.36. The number of alkyl halides is 3. The fourth-order valence-corrected chi connectivity index (χ4v) is 3.05. The Morgan fingerprint density at radius 1 is 1.10 bits per heavy atom. The van der Waals surface area contributed by atoms with Crippen molar-refractivity contribution in [1.29, 1.82) is 0 Å². The van der Waals surface area contributed by atoms with Crippen molar-refractivity contribution in [2.24, 2.45) is 16.8 Å². The first-order chi connectivity index (χ1) is 9.50. The molecule has 0 bridgehead atoms. The van der Waals surface area contributed by atoms with Crippen LogP contribution in [0, 0.1) is 11.8 Å². The van der Waals surface area contributed by atoms with Crippen molar-refractivity contribution in [3.63, 3.8) is 0 Å². The third-order valence-corrected chi connectivity index (χ3v) is 4.53. The van der Waals surface area contributed by atoms with E-state index >= 15 is 0 Å². The Kier molecular flexibility index (Phi) is 7.56. The second kappa shape index (κ2) is 8.43. The van der Waals surface area contributed by atoms with Gasteiger partial charge in [0, 0.05) is 19.6 Å². The molecule has 0 aromatic rings. The molecule has 2 saturated carbocycles. The van der Waals surface area contributed by atoms with Gasteiger partial charge >= 0.3 is 6.18 Å². The molecular weight excluding hydrogens is 394 g/mol. The minimum absolute atomic E-state index is 0. The van der Waals surface area contributed by atoms with Crippen LogP contribution in [-0.4, -0.2) is 31.8 Å². The van der Waals surface area contributed by atoms with Gasteiger partial charge in [-0.15, -0.1) is 24.0 Å². The molecule has 0 amide bonds. The van der Waals surface area contributed by atoms with Gasteiger partial charge in [-0.25, -0.2) is 0 Å². The third-order valence-electron chi connectivity index (χ3n) is 4.53. The average molecular weight is 419 g/mol. The molecule has 0 aromatic carbocycles. The highest BCUT2D eigenvalue weighted by atomic mass is 127. The fourth-order valence-electron chi connectivity index (χ4n) is 3.05. The van der Waals surface area contributed by atoms with E-state index in [0.717, 1.165) is 19.3 Å². The number of rotatable bonds is 3. The molecule has 2 aliphatic rings. The molecule has 0 radical (unpaired) electrons. The van der Waals surface area contributed by atoms with Crippen LogP contribution in [0.4, 0.5) is 13.2 Å². The molecule has 2 N–H and O–H groups in total. The summed E-state index contributed by atoms with van der Waals surface area (Å²) in [6.45, 7) is 0.358. The summed E-state index contributed by atoms with van der Waals surface area (Å²) in [6.07, 6.45) is 1.89. The van der Waals surface area contributed by atoms with Gasteiger partial charge in [0.15, 0.2) is 5.96 Å². The number of hydrogen-bond acceptors (Lipinski definition) is 1. The Morgan fingerprint density at radius 2 is 1.76 bits per heavy atom. The summed E-state index contributed by atoms with van der Waals surface area (Å²) < 4.78 is 39.0. The van der Waals surface area contributed by atoms with Crippen LogP contribution < -0.4 is 10.6 Å². The molecule has 2 atom stereocenters. The summed E-state index contributed by atoms with van der Waals surface area (Å²) in [6, 6.07) is 0.436. The maximum absolute atomic E-state index is 13.0. The van der Waals surface area contributed by atoms with E-state index in [1.165, 1.54) is 6.42 Å². The zero-order valence-electron chi connectivity index (χ0n) is 12.4. The molecule has 2 rings (SSSR count). The molecule has 0 aromatic heterocycles. The molecule has 124 valence electrons. The normalized spacial score (nSPS) is 27.5. The van der Waals surface area contributed by atoms with Crippen molar-refractivity contribution in [3.8, 4) is 0 Å². The minimum atomic E-state index is -4.07. The molecule has 0 saturated heterocycles. The molecule has 0 spiro atoms. The zero-order chi connectivity index (χ0) is 14.6. The zero-order valence-corrected chi connectivity index (χ0v) is 14.7. The van der Waals surface area contributed by atoms with E-state index in [9.17, 15) is 13.2 Å². The van der Waals surface area contributed by atoms with Gasteiger partial charge in [-0.05, 0) is 38.0 Å². The lowest BCUT2D eigenvalue weighted by molar-refractivity contribution is -0.195. The monoisotopic (exact) mass is 419 g/mol. The van der Waals surface area contributed by atoms with Crippen LogP contribution in [0.15, 0.2) is 4.99 Å². The smallest absolute Gasteiger partial charge is 0.356 e. The lowest BCUT2D eigenvalue weighted by Gasteiger charge is -2.34. The van der Waals surface area contributed by atoms with Crippen LogP contribution in [0.2, 0.25) is 0 Å².